The van der Waals surface area contributed by atoms with Crippen LogP contribution in [-0.2, 0) is 4.79 Å². The Morgan fingerprint density at radius 3 is 2.35 bits per heavy atom. The van der Waals surface area contributed by atoms with Crippen molar-refractivity contribution in [1.29, 1.82) is 0 Å². The minimum Gasteiger partial charge on any atom is -0.351 e. The van der Waals surface area contributed by atoms with Crippen molar-refractivity contribution in [3.8, 4) is 0 Å². The summed E-state index contributed by atoms with van der Waals surface area (Å²) >= 11 is 0. The average molecular weight is 315 g/mol. The Bertz CT molecular complexity index is 629. The molecule has 0 aliphatic carbocycles. The van der Waals surface area contributed by atoms with Crippen LogP contribution in [0, 0.1) is 20.8 Å². The highest BCUT2D eigenvalue weighted by atomic mass is 16.2. The molecule has 0 atom stereocenters. The Hall–Kier alpha value is -2.30. The molecule has 0 saturated carbocycles. The first-order valence-electron chi connectivity index (χ1n) is 7.97. The fourth-order valence-corrected chi connectivity index (χ4v) is 2.82. The molecule has 3 N–H and O–H groups in total. The lowest BCUT2D eigenvalue weighted by atomic mass is 10.0. The smallest absolute Gasteiger partial charge is 0.314 e. The maximum Gasteiger partial charge on any atom is 0.314 e. The number of likely N-dealkylation sites (tertiary alicyclic amines) is 1. The summed E-state index contributed by atoms with van der Waals surface area (Å²) in [6, 6.07) is 3.94. The van der Waals surface area contributed by atoms with Gasteiger partial charge in [0.05, 0.1) is 0 Å². The van der Waals surface area contributed by atoms with Crippen LogP contribution < -0.4 is 11.1 Å². The molecule has 1 fully saturated rings. The van der Waals surface area contributed by atoms with Gasteiger partial charge < -0.3 is 16.0 Å². The van der Waals surface area contributed by atoms with E-state index in [-0.39, 0.29) is 18.0 Å². The molecule has 0 bridgehead atoms. The highest BCUT2D eigenvalue weighted by Crippen LogP contribution is 2.16. The molecule has 23 heavy (non-hydrogen) atoms. The second-order valence-corrected chi connectivity index (χ2v) is 6.23. The van der Waals surface area contributed by atoms with Crippen molar-refractivity contribution < 1.29 is 9.59 Å². The summed E-state index contributed by atoms with van der Waals surface area (Å²) in [6.07, 6.45) is 4.92. The van der Waals surface area contributed by atoms with Crippen LogP contribution >= 0.6 is 0 Å². The highest BCUT2D eigenvalue weighted by Gasteiger charge is 2.21. The highest BCUT2D eigenvalue weighted by molar-refractivity contribution is 5.92. The van der Waals surface area contributed by atoms with Crippen molar-refractivity contribution in [2.24, 2.45) is 5.73 Å². The normalized spacial score (nSPS) is 15.9. The lowest BCUT2D eigenvalue weighted by Gasteiger charge is -2.30. The van der Waals surface area contributed by atoms with E-state index in [1.165, 1.54) is 11.1 Å². The zero-order valence-corrected chi connectivity index (χ0v) is 14.1. The van der Waals surface area contributed by atoms with Gasteiger partial charge in [0.15, 0.2) is 0 Å². The molecule has 5 heteroatoms. The lowest BCUT2D eigenvalue weighted by Crippen LogP contribution is -2.47. The third kappa shape index (κ3) is 4.58. The SMILES string of the molecule is Cc1cc(C)c(C=CC(=O)NC2CCN(C(N)=O)CC2)cc1C. The number of rotatable bonds is 3. The van der Waals surface area contributed by atoms with Gasteiger partial charge in [-0.25, -0.2) is 4.79 Å². The quantitative estimate of drug-likeness (QED) is 0.840. The molecule has 3 amide bonds. The van der Waals surface area contributed by atoms with Crippen molar-refractivity contribution in [1.82, 2.24) is 10.2 Å². The number of benzene rings is 1. The Morgan fingerprint density at radius 2 is 1.74 bits per heavy atom. The van der Waals surface area contributed by atoms with E-state index in [4.69, 9.17) is 5.73 Å². The average Bonchev–Trinajstić information content (AvgIpc) is 2.50. The molecule has 1 aliphatic heterocycles. The monoisotopic (exact) mass is 315 g/mol. The Labute approximate surface area is 137 Å². The number of primary amides is 1. The van der Waals surface area contributed by atoms with Gasteiger partial charge in [0.2, 0.25) is 5.91 Å². The van der Waals surface area contributed by atoms with Crippen molar-refractivity contribution in [3.63, 3.8) is 0 Å². The molecule has 5 nitrogen and oxygen atoms in total. The number of nitrogens with two attached hydrogens (primary N) is 1. The molecular formula is C18H25N3O2. The van der Waals surface area contributed by atoms with Crippen LogP contribution in [0.15, 0.2) is 18.2 Å². The number of piperidine rings is 1. The van der Waals surface area contributed by atoms with Crippen LogP contribution in [0.25, 0.3) is 6.08 Å². The van der Waals surface area contributed by atoms with E-state index in [0.29, 0.717) is 13.1 Å². The molecule has 1 saturated heterocycles. The number of hydrogen-bond acceptors (Lipinski definition) is 2. The largest absolute Gasteiger partial charge is 0.351 e. The van der Waals surface area contributed by atoms with Gasteiger partial charge in [-0.15, -0.1) is 0 Å². The van der Waals surface area contributed by atoms with Crippen LogP contribution in [0.1, 0.15) is 35.1 Å². The number of aryl methyl sites for hydroxylation is 3. The predicted molar refractivity (Wildman–Crippen MR) is 92.0 cm³/mol. The molecule has 0 aromatic heterocycles. The third-order valence-corrected chi connectivity index (χ3v) is 4.45. The standard InChI is InChI=1S/C18H25N3O2/c1-12-10-14(3)15(11-13(12)2)4-5-17(22)20-16-6-8-21(9-7-16)18(19)23/h4-5,10-11,16H,6-9H2,1-3H3,(H2,19,23)(H,20,22). The fraction of sp³-hybridized carbons (Fsp3) is 0.444. The van der Waals surface area contributed by atoms with E-state index in [1.54, 1.807) is 11.0 Å². The number of carbonyl (C=O) groups is 2. The topological polar surface area (TPSA) is 75.4 Å². The number of hydrogen-bond donors (Lipinski definition) is 2. The van der Waals surface area contributed by atoms with E-state index in [0.717, 1.165) is 24.0 Å². The summed E-state index contributed by atoms with van der Waals surface area (Å²) in [7, 11) is 0. The molecule has 2 rings (SSSR count). The number of urea groups is 1. The van der Waals surface area contributed by atoms with Gasteiger partial charge in [0.1, 0.15) is 0 Å². The van der Waals surface area contributed by atoms with E-state index in [9.17, 15) is 9.59 Å². The van der Waals surface area contributed by atoms with Gasteiger partial charge >= 0.3 is 6.03 Å². The zero-order valence-electron chi connectivity index (χ0n) is 14.1. The molecule has 1 aromatic rings. The van der Waals surface area contributed by atoms with Crippen molar-refractivity contribution in [2.75, 3.05) is 13.1 Å². The van der Waals surface area contributed by atoms with Gasteiger partial charge in [-0.3, -0.25) is 4.79 Å². The van der Waals surface area contributed by atoms with Gasteiger partial charge in [-0.1, -0.05) is 12.1 Å². The molecule has 0 unspecified atom stereocenters. The summed E-state index contributed by atoms with van der Waals surface area (Å²) < 4.78 is 0. The van der Waals surface area contributed by atoms with E-state index >= 15 is 0 Å². The second kappa shape index (κ2) is 7.31. The van der Waals surface area contributed by atoms with Crippen LogP contribution in [0.4, 0.5) is 4.79 Å². The summed E-state index contributed by atoms with van der Waals surface area (Å²) in [5.41, 5.74) is 9.94. The summed E-state index contributed by atoms with van der Waals surface area (Å²) in [6.45, 7) is 7.39. The summed E-state index contributed by atoms with van der Waals surface area (Å²) in [4.78, 5) is 24.7. The molecular weight excluding hydrogens is 290 g/mol. The minimum atomic E-state index is -0.389. The van der Waals surface area contributed by atoms with E-state index < -0.39 is 0 Å². The van der Waals surface area contributed by atoms with Gasteiger partial charge in [-0.2, -0.15) is 0 Å². The van der Waals surface area contributed by atoms with Crippen LogP contribution in [0.3, 0.4) is 0 Å². The Kier molecular flexibility index (Phi) is 5.42. The second-order valence-electron chi connectivity index (χ2n) is 6.23. The summed E-state index contributed by atoms with van der Waals surface area (Å²) in [5, 5.41) is 2.99. The molecule has 124 valence electrons. The first-order valence-corrected chi connectivity index (χ1v) is 7.97. The van der Waals surface area contributed by atoms with Crippen molar-refractivity contribution in [2.45, 2.75) is 39.7 Å². The molecule has 0 spiro atoms. The van der Waals surface area contributed by atoms with Gasteiger partial charge in [-0.05, 0) is 61.9 Å². The molecule has 1 heterocycles. The first kappa shape index (κ1) is 17.1. The van der Waals surface area contributed by atoms with Gasteiger partial charge in [0, 0.05) is 25.2 Å². The zero-order chi connectivity index (χ0) is 17.0. The van der Waals surface area contributed by atoms with Crippen molar-refractivity contribution >= 4 is 18.0 Å². The first-order chi connectivity index (χ1) is 10.9. The lowest BCUT2D eigenvalue weighted by molar-refractivity contribution is -0.117. The van der Waals surface area contributed by atoms with Crippen LogP contribution in [-0.4, -0.2) is 36.0 Å². The maximum atomic E-state index is 12.1. The van der Waals surface area contributed by atoms with Crippen molar-refractivity contribution in [3.05, 3.63) is 40.5 Å². The molecule has 1 aliphatic rings. The number of amides is 3. The Morgan fingerprint density at radius 1 is 1.13 bits per heavy atom. The third-order valence-electron chi connectivity index (χ3n) is 4.45. The Balaban J connectivity index is 1.90. The van der Waals surface area contributed by atoms with E-state index in [2.05, 4.69) is 31.3 Å². The van der Waals surface area contributed by atoms with Crippen LogP contribution in [0.5, 0.6) is 0 Å². The van der Waals surface area contributed by atoms with Gasteiger partial charge in [0.25, 0.3) is 0 Å². The molecule has 1 aromatic carbocycles. The number of carbonyl (C=O) groups excluding carboxylic acids is 2. The molecule has 0 radical (unpaired) electrons. The minimum absolute atomic E-state index is 0.0971. The number of nitrogens with one attached hydrogen (secondary N) is 1. The predicted octanol–water partition coefficient (Wildman–Crippen LogP) is 2.28. The van der Waals surface area contributed by atoms with E-state index in [1.807, 2.05) is 13.0 Å². The summed E-state index contributed by atoms with van der Waals surface area (Å²) in [5.74, 6) is -0.0971. The fourth-order valence-electron chi connectivity index (χ4n) is 2.82. The van der Waals surface area contributed by atoms with Crippen LogP contribution in [0.2, 0.25) is 0 Å². The maximum absolute atomic E-state index is 12.1. The number of nitrogens with zero attached hydrogens (tertiary/aromatic N) is 1.